The van der Waals surface area contributed by atoms with Gasteiger partial charge in [-0.3, -0.25) is 0 Å². The Bertz CT molecular complexity index is 757. The first kappa shape index (κ1) is 12.5. The van der Waals surface area contributed by atoms with E-state index in [-0.39, 0.29) is 0 Å². The van der Waals surface area contributed by atoms with Crippen LogP contribution in [0.25, 0.3) is 10.2 Å². The minimum Gasteiger partial charge on any atom is -0.368 e. The average Bonchev–Trinajstić information content (AvgIpc) is 2.97. The van der Waals surface area contributed by atoms with Crippen molar-refractivity contribution >= 4 is 27.4 Å². The molecule has 0 unspecified atom stereocenters. The zero-order chi connectivity index (χ0) is 13.6. The highest BCUT2D eigenvalue weighted by Crippen LogP contribution is 2.23. The molecule has 0 saturated carbocycles. The summed E-state index contributed by atoms with van der Waals surface area (Å²) in [6.07, 6.45) is 5.64. The van der Waals surface area contributed by atoms with E-state index >= 15 is 0 Å². The van der Waals surface area contributed by atoms with Gasteiger partial charge in [0, 0.05) is 25.4 Å². The predicted octanol–water partition coefficient (Wildman–Crippen LogP) is 2.33. The fourth-order valence-corrected chi connectivity index (χ4v) is 2.41. The molecule has 0 radical (unpaired) electrons. The van der Waals surface area contributed by atoms with Crippen LogP contribution in [0.1, 0.15) is 12.2 Å². The number of aromatic nitrogens is 4. The van der Waals surface area contributed by atoms with Crippen molar-refractivity contribution in [3.8, 4) is 11.8 Å². The van der Waals surface area contributed by atoms with E-state index in [4.69, 9.17) is 0 Å². The smallest absolute Gasteiger partial charge is 0.204 e. The summed E-state index contributed by atoms with van der Waals surface area (Å²) < 4.78 is 0. The Hall–Kier alpha value is -2.52. The zero-order valence-electron chi connectivity index (χ0n) is 10.6. The lowest BCUT2D eigenvalue weighted by molar-refractivity contribution is 1.07. The van der Waals surface area contributed by atoms with Gasteiger partial charge in [-0.2, -0.15) is 0 Å². The molecular weight excluding hydrogens is 270 g/mol. The van der Waals surface area contributed by atoms with Gasteiger partial charge >= 0.3 is 0 Å². The second-order valence-electron chi connectivity index (χ2n) is 3.91. The first-order chi connectivity index (χ1) is 9.93. The minimum absolute atomic E-state index is 0.551. The van der Waals surface area contributed by atoms with Gasteiger partial charge in [-0.1, -0.05) is 5.92 Å². The lowest BCUT2D eigenvalue weighted by Crippen LogP contribution is -2.02. The molecule has 5 nitrogen and oxygen atoms in total. The maximum Gasteiger partial charge on any atom is 0.204 e. The molecule has 0 aliphatic rings. The average molecular weight is 281 g/mol. The van der Waals surface area contributed by atoms with Crippen LogP contribution < -0.4 is 5.32 Å². The lowest BCUT2D eigenvalue weighted by atomic mass is 10.3. The Morgan fingerprint density at radius 1 is 1.15 bits per heavy atom. The van der Waals surface area contributed by atoms with Crippen LogP contribution >= 0.6 is 11.3 Å². The lowest BCUT2D eigenvalue weighted by Gasteiger charge is -2.03. The van der Waals surface area contributed by atoms with E-state index in [1.54, 1.807) is 36.1 Å². The van der Waals surface area contributed by atoms with Gasteiger partial charge < -0.3 is 5.32 Å². The van der Waals surface area contributed by atoms with Crippen molar-refractivity contribution < 1.29 is 0 Å². The van der Waals surface area contributed by atoms with Gasteiger partial charge in [-0.15, -0.1) is 11.3 Å². The van der Waals surface area contributed by atoms with Gasteiger partial charge in [0.2, 0.25) is 5.82 Å². The molecule has 98 valence electrons. The second-order valence-corrected chi connectivity index (χ2v) is 4.81. The van der Waals surface area contributed by atoms with Gasteiger partial charge in [0.25, 0.3) is 0 Å². The van der Waals surface area contributed by atoms with Crippen LogP contribution in [0.3, 0.4) is 0 Å². The molecule has 0 bridgehead atoms. The van der Waals surface area contributed by atoms with Crippen molar-refractivity contribution in [1.29, 1.82) is 0 Å². The number of hydrogen-bond donors (Lipinski definition) is 1. The Balaban J connectivity index is 1.58. The van der Waals surface area contributed by atoms with Crippen molar-refractivity contribution in [3.63, 3.8) is 0 Å². The van der Waals surface area contributed by atoms with E-state index in [2.05, 4.69) is 37.1 Å². The van der Waals surface area contributed by atoms with E-state index in [9.17, 15) is 0 Å². The Morgan fingerprint density at radius 2 is 2.05 bits per heavy atom. The summed E-state index contributed by atoms with van der Waals surface area (Å²) >= 11 is 1.61. The molecule has 0 aromatic carbocycles. The monoisotopic (exact) mass is 281 g/mol. The van der Waals surface area contributed by atoms with E-state index in [1.165, 1.54) is 0 Å². The van der Waals surface area contributed by atoms with E-state index in [1.807, 2.05) is 11.4 Å². The van der Waals surface area contributed by atoms with Crippen LogP contribution in [0, 0.1) is 11.8 Å². The third-order valence-electron chi connectivity index (χ3n) is 2.57. The number of nitrogens with zero attached hydrogens (tertiary/aromatic N) is 4. The number of nitrogens with one attached hydrogen (secondary N) is 1. The van der Waals surface area contributed by atoms with Gasteiger partial charge in [0.1, 0.15) is 17.0 Å². The molecule has 6 heteroatoms. The standard InChI is InChI=1S/C14H11N5S/c1(4-12-15-7-3-8-16-12)2-6-17-13-11-5-9-20-14(11)19-10-18-13/h3,5,7-10H,2,6H2,(H,17,18,19). The van der Waals surface area contributed by atoms with Crippen LogP contribution in [0.5, 0.6) is 0 Å². The molecule has 3 heterocycles. The number of anilines is 1. The number of rotatable bonds is 3. The third-order valence-corrected chi connectivity index (χ3v) is 3.39. The molecule has 3 rings (SSSR count). The fraction of sp³-hybridized carbons (Fsp3) is 0.143. The highest BCUT2D eigenvalue weighted by atomic mass is 32.1. The van der Waals surface area contributed by atoms with Gasteiger partial charge in [0.15, 0.2) is 0 Å². The fourth-order valence-electron chi connectivity index (χ4n) is 1.68. The molecular formula is C14H11N5S. The molecule has 1 N–H and O–H groups in total. The predicted molar refractivity (Wildman–Crippen MR) is 79.4 cm³/mol. The summed E-state index contributed by atoms with van der Waals surface area (Å²) in [6, 6.07) is 3.79. The third kappa shape index (κ3) is 2.90. The maximum atomic E-state index is 4.25. The highest BCUT2D eigenvalue weighted by Gasteiger charge is 2.02. The normalized spacial score (nSPS) is 10.0. The molecule has 0 spiro atoms. The number of hydrogen-bond acceptors (Lipinski definition) is 6. The van der Waals surface area contributed by atoms with Crippen LogP contribution in [0.4, 0.5) is 5.82 Å². The second kappa shape index (κ2) is 6.08. The number of fused-ring (bicyclic) bond motifs is 1. The Morgan fingerprint density at radius 3 is 2.95 bits per heavy atom. The molecule has 0 aliphatic carbocycles. The first-order valence-corrected chi connectivity index (χ1v) is 6.99. The van der Waals surface area contributed by atoms with Crippen LogP contribution in [0.2, 0.25) is 0 Å². The summed E-state index contributed by atoms with van der Waals surface area (Å²) in [4.78, 5) is 17.5. The van der Waals surface area contributed by atoms with Crippen molar-refractivity contribution in [2.24, 2.45) is 0 Å². The zero-order valence-corrected chi connectivity index (χ0v) is 11.4. The van der Waals surface area contributed by atoms with Crippen LogP contribution in [-0.2, 0) is 0 Å². The molecule has 0 amide bonds. The van der Waals surface area contributed by atoms with E-state index < -0.39 is 0 Å². The highest BCUT2D eigenvalue weighted by molar-refractivity contribution is 7.16. The van der Waals surface area contributed by atoms with Gasteiger partial charge in [0.05, 0.1) is 5.39 Å². The quantitative estimate of drug-likeness (QED) is 0.589. The first-order valence-electron chi connectivity index (χ1n) is 6.11. The van der Waals surface area contributed by atoms with Gasteiger partial charge in [-0.05, 0) is 23.4 Å². The summed E-state index contributed by atoms with van der Waals surface area (Å²) in [5.74, 6) is 7.36. The topological polar surface area (TPSA) is 63.6 Å². The molecule has 3 aromatic rings. The molecule has 0 saturated heterocycles. The van der Waals surface area contributed by atoms with Crippen molar-refractivity contribution in [1.82, 2.24) is 19.9 Å². The molecule has 20 heavy (non-hydrogen) atoms. The van der Waals surface area contributed by atoms with Crippen LogP contribution in [-0.4, -0.2) is 26.5 Å². The Kier molecular flexibility index (Phi) is 3.80. The minimum atomic E-state index is 0.551. The van der Waals surface area contributed by atoms with Crippen molar-refractivity contribution in [2.45, 2.75) is 6.42 Å². The summed E-state index contributed by atoms with van der Waals surface area (Å²) in [5, 5.41) is 6.34. The maximum absolute atomic E-state index is 4.25. The van der Waals surface area contributed by atoms with E-state index in [0.29, 0.717) is 12.2 Å². The largest absolute Gasteiger partial charge is 0.368 e. The van der Waals surface area contributed by atoms with Crippen molar-refractivity contribution in [2.75, 3.05) is 11.9 Å². The Labute approximate surface area is 120 Å². The molecule has 0 fully saturated rings. The van der Waals surface area contributed by atoms with E-state index in [0.717, 1.165) is 22.6 Å². The van der Waals surface area contributed by atoms with Crippen molar-refractivity contribution in [3.05, 3.63) is 42.1 Å². The summed E-state index contributed by atoms with van der Waals surface area (Å²) in [7, 11) is 0. The SMILES string of the molecule is C(#Cc1ncccn1)CCNc1ncnc2sccc12. The molecule has 3 aromatic heterocycles. The summed E-state index contributed by atoms with van der Waals surface area (Å²) in [5.41, 5.74) is 0. The summed E-state index contributed by atoms with van der Waals surface area (Å²) in [6.45, 7) is 0.724. The molecule has 0 aliphatic heterocycles. The van der Waals surface area contributed by atoms with Gasteiger partial charge in [-0.25, -0.2) is 19.9 Å². The van der Waals surface area contributed by atoms with Crippen LogP contribution in [0.15, 0.2) is 36.2 Å². The molecule has 0 atom stereocenters. The number of thiophene rings is 1.